The topological polar surface area (TPSA) is 46.3 Å². The third-order valence-corrected chi connectivity index (χ3v) is 5.01. The zero-order valence-electron chi connectivity index (χ0n) is 15.0. The molecule has 0 bridgehead atoms. The van der Waals surface area contributed by atoms with Gasteiger partial charge in [-0.1, -0.05) is 46.6 Å². The summed E-state index contributed by atoms with van der Waals surface area (Å²) in [6, 6.07) is 15.6. The molecule has 1 aromatic heterocycles. The maximum atomic E-state index is 12.5. The van der Waals surface area contributed by atoms with E-state index in [1.807, 2.05) is 61.5 Å². The molecule has 136 valence electrons. The predicted molar refractivity (Wildman–Crippen MR) is 106 cm³/mol. The highest BCUT2D eigenvalue weighted by atomic mass is 35.5. The summed E-state index contributed by atoms with van der Waals surface area (Å²) in [5.41, 5.74) is 5.06. The first-order valence-electron chi connectivity index (χ1n) is 8.87. The summed E-state index contributed by atoms with van der Waals surface area (Å²) >= 11 is 5.96. The molecule has 1 amide bonds. The number of amides is 1. The zero-order valence-corrected chi connectivity index (χ0v) is 15.7. The van der Waals surface area contributed by atoms with Gasteiger partial charge >= 0.3 is 0 Å². The lowest BCUT2D eigenvalue weighted by Gasteiger charge is -2.24. The minimum Gasteiger partial charge on any atom is -0.356 e. The molecule has 0 saturated carbocycles. The molecule has 4 rings (SSSR count). The number of nitrogens with zero attached hydrogens (tertiary/aromatic N) is 2. The molecule has 0 aliphatic carbocycles. The summed E-state index contributed by atoms with van der Waals surface area (Å²) in [4.78, 5) is 14.3. The van der Waals surface area contributed by atoms with Crippen molar-refractivity contribution in [3.63, 3.8) is 0 Å². The SMILES string of the molecule is Cc1ccc(/C=C/C(=O)N2CCc3c(noc3-c3ccc(Cl)cc3)C2)cc1. The molecule has 3 aromatic rings. The third kappa shape index (κ3) is 3.81. The van der Waals surface area contributed by atoms with Crippen LogP contribution >= 0.6 is 11.6 Å². The number of carbonyl (C=O) groups excluding carboxylic acids is 1. The summed E-state index contributed by atoms with van der Waals surface area (Å²) < 4.78 is 5.56. The van der Waals surface area contributed by atoms with Crippen LogP contribution in [0.25, 0.3) is 17.4 Å². The van der Waals surface area contributed by atoms with Crippen molar-refractivity contribution in [2.75, 3.05) is 6.54 Å². The standard InChI is InChI=1S/C22H19ClN2O2/c1-15-2-4-16(5-3-15)6-11-21(26)25-13-12-19-20(14-25)24-27-22(19)17-7-9-18(23)10-8-17/h2-11H,12-14H2,1H3/b11-6+. The number of hydrogen-bond donors (Lipinski definition) is 0. The Morgan fingerprint density at radius 2 is 1.89 bits per heavy atom. The van der Waals surface area contributed by atoms with Crippen LogP contribution in [0.15, 0.2) is 59.1 Å². The minimum absolute atomic E-state index is 0.0164. The van der Waals surface area contributed by atoms with Gasteiger partial charge in [-0.25, -0.2) is 0 Å². The quantitative estimate of drug-likeness (QED) is 0.609. The number of benzene rings is 2. The molecular weight excluding hydrogens is 360 g/mol. The second kappa shape index (κ2) is 7.41. The van der Waals surface area contributed by atoms with E-state index in [0.717, 1.165) is 34.6 Å². The molecule has 2 heterocycles. The van der Waals surface area contributed by atoms with E-state index in [-0.39, 0.29) is 5.91 Å². The van der Waals surface area contributed by atoms with E-state index in [9.17, 15) is 4.79 Å². The first kappa shape index (κ1) is 17.6. The van der Waals surface area contributed by atoms with Gasteiger partial charge in [-0.15, -0.1) is 0 Å². The van der Waals surface area contributed by atoms with Gasteiger partial charge in [0.05, 0.1) is 6.54 Å². The normalized spacial score (nSPS) is 13.8. The molecule has 5 heteroatoms. The first-order chi connectivity index (χ1) is 13.1. The summed E-state index contributed by atoms with van der Waals surface area (Å²) in [6.45, 7) is 3.15. The average molecular weight is 379 g/mol. The highest BCUT2D eigenvalue weighted by molar-refractivity contribution is 6.30. The van der Waals surface area contributed by atoms with E-state index in [1.54, 1.807) is 11.0 Å². The lowest BCUT2D eigenvalue weighted by Crippen LogP contribution is -2.34. The Bertz CT molecular complexity index is 988. The van der Waals surface area contributed by atoms with Crippen molar-refractivity contribution >= 4 is 23.6 Å². The molecule has 1 aliphatic rings. The van der Waals surface area contributed by atoms with E-state index in [1.165, 1.54) is 5.56 Å². The van der Waals surface area contributed by atoms with Crippen LogP contribution in [-0.4, -0.2) is 22.5 Å². The number of carbonyl (C=O) groups is 1. The maximum absolute atomic E-state index is 12.5. The van der Waals surface area contributed by atoms with E-state index < -0.39 is 0 Å². The fourth-order valence-corrected chi connectivity index (χ4v) is 3.32. The number of fused-ring (bicyclic) bond motifs is 1. The van der Waals surface area contributed by atoms with Crippen molar-refractivity contribution in [1.29, 1.82) is 0 Å². The van der Waals surface area contributed by atoms with Crippen LogP contribution in [0.1, 0.15) is 22.4 Å². The molecule has 0 spiro atoms. The van der Waals surface area contributed by atoms with Crippen molar-refractivity contribution in [2.45, 2.75) is 19.9 Å². The average Bonchev–Trinajstić information content (AvgIpc) is 3.11. The highest BCUT2D eigenvalue weighted by Crippen LogP contribution is 2.31. The van der Waals surface area contributed by atoms with Crippen molar-refractivity contribution < 1.29 is 9.32 Å². The molecule has 0 fully saturated rings. The van der Waals surface area contributed by atoms with E-state index in [2.05, 4.69) is 5.16 Å². The summed E-state index contributed by atoms with van der Waals surface area (Å²) in [5, 5.41) is 4.87. The molecule has 4 nitrogen and oxygen atoms in total. The molecule has 0 N–H and O–H groups in total. The van der Waals surface area contributed by atoms with Crippen LogP contribution in [0.2, 0.25) is 5.02 Å². The van der Waals surface area contributed by atoms with Gasteiger partial charge in [-0.05, 0) is 49.2 Å². The van der Waals surface area contributed by atoms with Crippen LogP contribution in [-0.2, 0) is 17.8 Å². The van der Waals surface area contributed by atoms with Gasteiger partial charge in [0.15, 0.2) is 5.76 Å². The lowest BCUT2D eigenvalue weighted by atomic mass is 10.0. The number of aryl methyl sites for hydroxylation is 1. The fraction of sp³-hybridized carbons (Fsp3) is 0.182. The molecule has 27 heavy (non-hydrogen) atoms. The fourth-order valence-electron chi connectivity index (χ4n) is 3.20. The van der Waals surface area contributed by atoms with Gasteiger partial charge in [-0.3, -0.25) is 4.79 Å². The van der Waals surface area contributed by atoms with Crippen LogP contribution in [0.3, 0.4) is 0 Å². The molecule has 0 saturated heterocycles. The van der Waals surface area contributed by atoms with Gasteiger partial charge < -0.3 is 9.42 Å². The van der Waals surface area contributed by atoms with Crippen molar-refractivity contribution in [2.24, 2.45) is 0 Å². The third-order valence-electron chi connectivity index (χ3n) is 4.76. The van der Waals surface area contributed by atoms with Gasteiger partial charge in [0.2, 0.25) is 5.91 Å². The molecule has 1 aliphatic heterocycles. The van der Waals surface area contributed by atoms with Gasteiger partial charge in [-0.2, -0.15) is 0 Å². The van der Waals surface area contributed by atoms with Gasteiger partial charge in [0.25, 0.3) is 0 Å². The minimum atomic E-state index is -0.0164. The smallest absolute Gasteiger partial charge is 0.246 e. The van der Waals surface area contributed by atoms with Crippen LogP contribution in [0.4, 0.5) is 0 Å². The number of rotatable bonds is 3. The van der Waals surface area contributed by atoms with Crippen molar-refractivity contribution in [3.05, 3.63) is 82.0 Å². The Kier molecular flexibility index (Phi) is 4.82. The summed E-state index contributed by atoms with van der Waals surface area (Å²) in [6.07, 6.45) is 4.19. The largest absolute Gasteiger partial charge is 0.356 e. The Balaban J connectivity index is 1.48. The highest BCUT2D eigenvalue weighted by Gasteiger charge is 2.26. The maximum Gasteiger partial charge on any atom is 0.246 e. The first-order valence-corrected chi connectivity index (χ1v) is 9.25. The second-order valence-corrected chi connectivity index (χ2v) is 7.13. The van der Waals surface area contributed by atoms with Crippen LogP contribution in [0, 0.1) is 6.92 Å². The Hall–Kier alpha value is -2.85. The van der Waals surface area contributed by atoms with Crippen molar-refractivity contribution in [3.8, 4) is 11.3 Å². The number of aromatic nitrogens is 1. The van der Waals surface area contributed by atoms with Crippen LogP contribution in [0.5, 0.6) is 0 Å². The monoisotopic (exact) mass is 378 g/mol. The van der Waals surface area contributed by atoms with Gasteiger partial charge in [0, 0.05) is 28.8 Å². The van der Waals surface area contributed by atoms with E-state index in [0.29, 0.717) is 18.1 Å². The van der Waals surface area contributed by atoms with E-state index in [4.69, 9.17) is 16.1 Å². The zero-order chi connectivity index (χ0) is 18.8. The number of hydrogen-bond acceptors (Lipinski definition) is 3. The molecule has 0 radical (unpaired) electrons. The van der Waals surface area contributed by atoms with E-state index >= 15 is 0 Å². The molecule has 0 unspecified atom stereocenters. The predicted octanol–water partition coefficient (Wildman–Crippen LogP) is 4.90. The summed E-state index contributed by atoms with van der Waals surface area (Å²) in [7, 11) is 0. The summed E-state index contributed by atoms with van der Waals surface area (Å²) in [5.74, 6) is 0.751. The van der Waals surface area contributed by atoms with Gasteiger partial charge in [0.1, 0.15) is 5.69 Å². The molecular formula is C22H19ClN2O2. The Morgan fingerprint density at radius 3 is 2.63 bits per heavy atom. The Labute approximate surface area is 163 Å². The second-order valence-electron chi connectivity index (χ2n) is 6.70. The lowest BCUT2D eigenvalue weighted by molar-refractivity contribution is -0.126. The molecule has 2 aromatic carbocycles. The van der Waals surface area contributed by atoms with Crippen LogP contribution < -0.4 is 0 Å². The molecule has 0 atom stereocenters. The number of halogens is 1. The Morgan fingerprint density at radius 1 is 1.15 bits per heavy atom. The van der Waals surface area contributed by atoms with Crippen molar-refractivity contribution in [1.82, 2.24) is 10.1 Å².